The van der Waals surface area contributed by atoms with Gasteiger partial charge in [0, 0.05) is 28.4 Å². The van der Waals surface area contributed by atoms with Crippen LogP contribution in [0.3, 0.4) is 0 Å². The van der Waals surface area contributed by atoms with Gasteiger partial charge in [0.15, 0.2) is 5.65 Å². The maximum absolute atomic E-state index is 13.2. The van der Waals surface area contributed by atoms with E-state index in [2.05, 4.69) is 46.0 Å². The van der Waals surface area contributed by atoms with Crippen LogP contribution in [0.4, 0.5) is 0 Å². The molecule has 148 valence electrons. The summed E-state index contributed by atoms with van der Waals surface area (Å²) in [7, 11) is 0. The number of carbonyl (C=O) groups excluding carboxylic acids is 1. The molecule has 0 atom stereocenters. The summed E-state index contributed by atoms with van der Waals surface area (Å²) in [5.41, 5.74) is 2.52. The van der Waals surface area contributed by atoms with Crippen LogP contribution in [0.15, 0.2) is 42.6 Å². The number of halogens is 1. The molecule has 0 aliphatic carbocycles. The van der Waals surface area contributed by atoms with Crippen LogP contribution in [-0.2, 0) is 13.1 Å². The highest BCUT2D eigenvalue weighted by molar-refractivity contribution is 14.1. The second-order valence-electron chi connectivity index (χ2n) is 6.97. The highest BCUT2D eigenvalue weighted by Crippen LogP contribution is 2.18. The molecule has 0 saturated heterocycles. The summed E-state index contributed by atoms with van der Waals surface area (Å²) in [5.74, 6) is 0.976. The number of amides is 1. The van der Waals surface area contributed by atoms with Crippen molar-refractivity contribution in [3.05, 3.63) is 57.6 Å². The number of unbranched alkanes of at least 4 members (excludes halogenated alkanes) is 2. The van der Waals surface area contributed by atoms with Crippen molar-refractivity contribution < 1.29 is 4.79 Å². The predicted molar refractivity (Wildman–Crippen MR) is 121 cm³/mol. The number of pyridine rings is 1. The van der Waals surface area contributed by atoms with E-state index in [1.807, 2.05) is 41.3 Å². The van der Waals surface area contributed by atoms with Gasteiger partial charge >= 0.3 is 0 Å². The van der Waals surface area contributed by atoms with E-state index in [1.54, 1.807) is 6.20 Å². The number of rotatable bonds is 9. The van der Waals surface area contributed by atoms with Gasteiger partial charge in [-0.15, -0.1) is 0 Å². The van der Waals surface area contributed by atoms with Gasteiger partial charge in [-0.3, -0.25) is 4.79 Å². The topological polar surface area (TPSA) is 51.0 Å². The molecule has 0 bridgehead atoms. The predicted octanol–water partition coefficient (Wildman–Crippen LogP) is 5.28. The molecule has 0 aliphatic rings. The second-order valence-corrected chi connectivity index (χ2v) is 8.22. The van der Waals surface area contributed by atoms with Gasteiger partial charge < -0.3 is 9.47 Å². The molecule has 1 aromatic carbocycles. The zero-order valence-electron chi connectivity index (χ0n) is 16.6. The minimum Gasteiger partial charge on any atom is -0.331 e. The van der Waals surface area contributed by atoms with Crippen LogP contribution >= 0.6 is 22.6 Å². The molecule has 1 amide bonds. The zero-order valence-corrected chi connectivity index (χ0v) is 18.7. The molecule has 5 nitrogen and oxygen atoms in total. The van der Waals surface area contributed by atoms with Crippen LogP contribution in [0.5, 0.6) is 0 Å². The standard InChI is InChI=1S/C22H27IN4O/c1-3-5-6-14-26(22(28)17-9-7-10-18(23)15-17)16-20-25-19-11-8-12-24-21(19)27(20)13-4-2/h7-12,15H,3-6,13-14,16H2,1-2H3. The molecule has 0 fully saturated rings. The van der Waals surface area contributed by atoms with Gasteiger partial charge in [-0.1, -0.05) is 32.8 Å². The summed E-state index contributed by atoms with van der Waals surface area (Å²) in [6.07, 6.45) is 6.04. The number of aromatic nitrogens is 3. The number of hydrogen-bond donors (Lipinski definition) is 0. The van der Waals surface area contributed by atoms with Crippen molar-refractivity contribution in [2.24, 2.45) is 0 Å². The number of aryl methyl sites for hydroxylation is 1. The molecule has 28 heavy (non-hydrogen) atoms. The molecule has 0 saturated carbocycles. The molecule has 0 unspecified atom stereocenters. The molecule has 0 radical (unpaired) electrons. The van der Waals surface area contributed by atoms with Gasteiger partial charge in [0.05, 0.1) is 6.54 Å². The third kappa shape index (κ3) is 4.90. The maximum Gasteiger partial charge on any atom is 0.254 e. The van der Waals surface area contributed by atoms with Gasteiger partial charge in [0.1, 0.15) is 11.3 Å². The van der Waals surface area contributed by atoms with E-state index in [0.29, 0.717) is 6.54 Å². The lowest BCUT2D eigenvalue weighted by Crippen LogP contribution is -2.32. The third-order valence-corrected chi connectivity index (χ3v) is 5.42. The van der Waals surface area contributed by atoms with E-state index in [0.717, 1.165) is 64.9 Å². The van der Waals surface area contributed by atoms with Gasteiger partial charge in [0.2, 0.25) is 0 Å². The van der Waals surface area contributed by atoms with Crippen LogP contribution in [-0.4, -0.2) is 31.9 Å². The molecule has 0 spiro atoms. The van der Waals surface area contributed by atoms with Gasteiger partial charge in [0.25, 0.3) is 5.91 Å². The molecular formula is C22H27IN4O. The number of benzene rings is 1. The van der Waals surface area contributed by atoms with E-state index < -0.39 is 0 Å². The number of carbonyl (C=O) groups is 1. The SMILES string of the molecule is CCCCCN(Cc1nc2cccnc2n1CCC)C(=O)c1cccc(I)c1. The summed E-state index contributed by atoms with van der Waals surface area (Å²) in [6, 6.07) is 11.7. The first-order valence-corrected chi connectivity index (χ1v) is 11.1. The molecule has 2 heterocycles. The van der Waals surface area contributed by atoms with E-state index in [4.69, 9.17) is 4.98 Å². The van der Waals surface area contributed by atoms with Crippen LogP contribution in [0.2, 0.25) is 0 Å². The number of nitrogens with zero attached hydrogens (tertiary/aromatic N) is 4. The van der Waals surface area contributed by atoms with Crippen molar-refractivity contribution >= 4 is 39.7 Å². The minimum atomic E-state index is 0.0673. The molecule has 3 rings (SSSR count). The van der Waals surface area contributed by atoms with E-state index in [-0.39, 0.29) is 5.91 Å². The molecule has 6 heteroatoms. The van der Waals surface area contributed by atoms with E-state index in [9.17, 15) is 4.79 Å². The summed E-state index contributed by atoms with van der Waals surface area (Å²) >= 11 is 2.25. The smallest absolute Gasteiger partial charge is 0.254 e. The fourth-order valence-electron chi connectivity index (χ4n) is 3.36. The maximum atomic E-state index is 13.2. The van der Waals surface area contributed by atoms with Gasteiger partial charge in [-0.05, 0) is 65.8 Å². The largest absolute Gasteiger partial charge is 0.331 e. The average molecular weight is 490 g/mol. The highest BCUT2D eigenvalue weighted by Gasteiger charge is 2.20. The minimum absolute atomic E-state index is 0.0673. The summed E-state index contributed by atoms with van der Waals surface area (Å²) in [5, 5.41) is 0. The number of fused-ring (bicyclic) bond motifs is 1. The van der Waals surface area contributed by atoms with E-state index in [1.165, 1.54) is 0 Å². The van der Waals surface area contributed by atoms with Gasteiger partial charge in [-0.25, -0.2) is 9.97 Å². The Morgan fingerprint density at radius 1 is 1.14 bits per heavy atom. The Morgan fingerprint density at radius 2 is 2.00 bits per heavy atom. The average Bonchev–Trinajstić information content (AvgIpc) is 3.04. The lowest BCUT2D eigenvalue weighted by molar-refractivity contribution is 0.0734. The lowest BCUT2D eigenvalue weighted by Gasteiger charge is -2.23. The summed E-state index contributed by atoms with van der Waals surface area (Å²) in [6.45, 7) is 6.42. The van der Waals surface area contributed by atoms with Crippen LogP contribution in [0, 0.1) is 3.57 Å². The summed E-state index contributed by atoms with van der Waals surface area (Å²) in [4.78, 5) is 24.5. The highest BCUT2D eigenvalue weighted by atomic mass is 127. The Bertz CT molecular complexity index is 937. The molecular weight excluding hydrogens is 463 g/mol. The Balaban J connectivity index is 1.92. The van der Waals surface area contributed by atoms with Crippen molar-refractivity contribution in [2.75, 3.05) is 6.54 Å². The molecule has 2 aromatic heterocycles. The first-order chi connectivity index (χ1) is 13.6. The second kappa shape index (κ2) is 10.0. The van der Waals surface area contributed by atoms with Crippen LogP contribution < -0.4 is 0 Å². The van der Waals surface area contributed by atoms with Crippen molar-refractivity contribution in [2.45, 2.75) is 52.6 Å². The lowest BCUT2D eigenvalue weighted by atomic mass is 10.1. The number of hydrogen-bond acceptors (Lipinski definition) is 3. The normalized spacial score (nSPS) is 11.1. The zero-order chi connectivity index (χ0) is 19.9. The van der Waals surface area contributed by atoms with Crippen molar-refractivity contribution in [1.29, 1.82) is 0 Å². The first-order valence-electron chi connectivity index (χ1n) is 9.99. The third-order valence-electron chi connectivity index (χ3n) is 4.75. The number of imidazole rings is 1. The van der Waals surface area contributed by atoms with E-state index >= 15 is 0 Å². The fourth-order valence-corrected chi connectivity index (χ4v) is 3.91. The van der Waals surface area contributed by atoms with Crippen molar-refractivity contribution in [3.63, 3.8) is 0 Å². The molecule has 3 aromatic rings. The molecule has 0 aliphatic heterocycles. The van der Waals surface area contributed by atoms with Gasteiger partial charge in [-0.2, -0.15) is 0 Å². The van der Waals surface area contributed by atoms with Crippen LogP contribution in [0.1, 0.15) is 55.7 Å². The monoisotopic (exact) mass is 490 g/mol. The first kappa shape index (κ1) is 20.8. The Hall–Kier alpha value is -1.96. The quantitative estimate of drug-likeness (QED) is 0.303. The van der Waals surface area contributed by atoms with Crippen LogP contribution in [0.25, 0.3) is 11.2 Å². The Labute approximate surface area is 180 Å². The van der Waals surface area contributed by atoms with Crippen molar-refractivity contribution in [3.8, 4) is 0 Å². The fraction of sp³-hybridized carbons (Fsp3) is 0.409. The summed E-state index contributed by atoms with van der Waals surface area (Å²) < 4.78 is 3.23. The molecule has 0 N–H and O–H groups in total. The van der Waals surface area contributed by atoms with Crippen molar-refractivity contribution in [1.82, 2.24) is 19.4 Å². The Kier molecular flexibility index (Phi) is 7.42. The Morgan fingerprint density at radius 3 is 2.75 bits per heavy atom.